The molecule has 0 aliphatic heterocycles. The summed E-state index contributed by atoms with van der Waals surface area (Å²) in [7, 11) is 2.13. The van der Waals surface area contributed by atoms with Crippen molar-refractivity contribution in [2.45, 2.75) is 38.1 Å². The van der Waals surface area contributed by atoms with Gasteiger partial charge in [-0.05, 0) is 43.7 Å². The Morgan fingerprint density at radius 2 is 2.16 bits per heavy atom. The lowest BCUT2D eigenvalue weighted by atomic mass is 9.86. The van der Waals surface area contributed by atoms with Gasteiger partial charge in [0.25, 0.3) is 0 Å². The van der Waals surface area contributed by atoms with E-state index in [-0.39, 0.29) is 12.1 Å². The zero-order chi connectivity index (χ0) is 13.9. The number of para-hydroxylation sites is 1. The predicted octanol–water partition coefficient (Wildman–Crippen LogP) is 2.31. The minimum Gasteiger partial charge on any atom is -0.394 e. The third-order valence-electron chi connectivity index (χ3n) is 4.64. The van der Waals surface area contributed by atoms with E-state index in [4.69, 9.17) is 5.73 Å². The molecule has 19 heavy (non-hydrogen) atoms. The number of hydrogen-bond acceptors (Lipinski definition) is 3. The number of anilines is 1. The van der Waals surface area contributed by atoms with Crippen molar-refractivity contribution < 1.29 is 5.11 Å². The summed E-state index contributed by atoms with van der Waals surface area (Å²) in [5, 5.41) is 9.48. The number of benzene rings is 1. The molecule has 3 heteroatoms. The number of aliphatic hydroxyl groups excluding tert-OH is 1. The summed E-state index contributed by atoms with van der Waals surface area (Å²) in [6.07, 6.45) is 4.32. The molecule has 0 aromatic heterocycles. The van der Waals surface area contributed by atoms with Crippen LogP contribution in [0.5, 0.6) is 0 Å². The standard InChI is InChI=1S/C16H26N2O/c1-13-6-3-4-8-15(13)18(2)11-9-14-7-5-10-16(14,17)12-19/h3-4,6,8,14,19H,5,7,9-12,17H2,1-2H3. The second kappa shape index (κ2) is 5.93. The number of aliphatic hydroxyl groups is 1. The van der Waals surface area contributed by atoms with Gasteiger partial charge >= 0.3 is 0 Å². The van der Waals surface area contributed by atoms with Crippen molar-refractivity contribution in [2.75, 3.05) is 25.1 Å². The van der Waals surface area contributed by atoms with Gasteiger partial charge < -0.3 is 15.7 Å². The van der Waals surface area contributed by atoms with E-state index in [9.17, 15) is 5.11 Å². The molecule has 106 valence electrons. The molecule has 2 unspecified atom stereocenters. The summed E-state index contributed by atoms with van der Waals surface area (Å²) >= 11 is 0. The molecule has 3 N–H and O–H groups in total. The molecule has 1 aromatic rings. The van der Waals surface area contributed by atoms with Gasteiger partial charge in [-0.1, -0.05) is 24.6 Å². The van der Waals surface area contributed by atoms with Gasteiger partial charge in [-0.15, -0.1) is 0 Å². The van der Waals surface area contributed by atoms with Crippen LogP contribution in [0.1, 0.15) is 31.2 Å². The van der Waals surface area contributed by atoms with Crippen LogP contribution in [0.15, 0.2) is 24.3 Å². The molecule has 1 fully saturated rings. The Hall–Kier alpha value is -1.06. The number of nitrogens with two attached hydrogens (primary N) is 1. The van der Waals surface area contributed by atoms with Crippen LogP contribution in [0.2, 0.25) is 0 Å². The molecule has 1 saturated carbocycles. The molecular formula is C16H26N2O. The fraction of sp³-hybridized carbons (Fsp3) is 0.625. The fourth-order valence-corrected chi connectivity index (χ4v) is 3.27. The van der Waals surface area contributed by atoms with Crippen molar-refractivity contribution in [3.63, 3.8) is 0 Å². The quantitative estimate of drug-likeness (QED) is 0.856. The predicted molar refractivity (Wildman–Crippen MR) is 80.4 cm³/mol. The van der Waals surface area contributed by atoms with E-state index >= 15 is 0 Å². The Kier molecular flexibility index (Phi) is 4.48. The third-order valence-corrected chi connectivity index (χ3v) is 4.64. The lowest BCUT2D eigenvalue weighted by molar-refractivity contribution is 0.156. The number of hydrogen-bond donors (Lipinski definition) is 2. The number of aryl methyl sites for hydroxylation is 1. The van der Waals surface area contributed by atoms with Crippen LogP contribution in [-0.4, -0.2) is 30.8 Å². The second-order valence-corrected chi connectivity index (χ2v) is 5.98. The average Bonchev–Trinajstić information content (AvgIpc) is 2.78. The Labute approximate surface area is 116 Å². The highest BCUT2D eigenvalue weighted by Gasteiger charge is 2.38. The zero-order valence-electron chi connectivity index (χ0n) is 12.1. The number of nitrogens with zero attached hydrogens (tertiary/aromatic N) is 1. The van der Waals surface area contributed by atoms with E-state index in [0.717, 1.165) is 32.2 Å². The van der Waals surface area contributed by atoms with Crippen molar-refractivity contribution in [3.05, 3.63) is 29.8 Å². The van der Waals surface area contributed by atoms with Gasteiger partial charge in [0.1, 0.15) is 0 Å². The molecule has 1 aromatic carbocycles. The van der Waals surface area contributed by atoms with Crippen molar-refractivity contribution in [1.82, 2.24) is 0 Å². The molecular weight excluding hydrogens is 236 g/mol. The Bertz CT molecular complexity index is 421. The Morgan fingerprint density at radius 3 is 2.84 bits per heavy atom. The summed E-state index contributed by atoms with van der Waals surface area (Å²) < 4.78 is 0. The van der Waals surface area contributed by atoms with Crippen LogP contribution in [0.3, 0.4) is 0 Å². The SMILES string of the molecule is Cc1ccccc1N(C)CCC1CCCC1(N)CO. The largest absolute Gasteiger partial charge is 0.394 e. The normalized spacial score (nSPS) is 26.6. The van der Waals surface area contributed by atoms with Gasteiger partial charge in [0.15, 0.2) is 0 Å². The molecule has 3 nitrogen and oxygen atoms in total. The third kappa shape index (κ3) is 3.10. The lowest BCUT2D eigenvalue weighted by Gasteiger charge is -2.31. The molecule has 0 amide bonds. The van der Waals surface area contributed by atoms with Crippen LogP contribution in [0, 0.1) is 12.8 Å². The van der Waals surface area contributed by atoms with Crippen molar-refractivity contribution in [2.24, 2.45) is 11.7 Å². The van der Waals surface area contributed by atoms with Crippen molar-refractivity contribution >= 4 is 5.69 Å². The maximum atomic E-state index is 9.48. The molecule has 1 aliphatic rings. The second-order valence-electron chi connectivity index (χ2n) is 5.98. The summed E-state index contributed by atoms with van der Waals surface area (Å²) in [6.45, 7) is 3.25. The van der Waals surface area contributed by atoms with E-state index in [1.807, 2.05) is 0 Å². The maximum Gasteiger partial charge on any atom is 0.0613 e. The highest BCUT2D eigenvalue weighted by atomic mass is 16.3. The first-order valence-electron chi connectivity index (χ1n) is 7.23. The van der Waals surface area contributed by atoms with Crippen LogP contribution >= 0.6 is 0 Å². The molecule has 0 heterocycles. The van der Waals surface area contributed by atoms with Crippen LogP contribution in [0.4, 0.5) is 5.69 Å². The van der Waals surface area contributed by atoms with E-state index < -0.39 is 0 Å². The van der Waals surface area contributed by atoms with Crippen molar-refractivity contribution in [3.8, 4) is 0 Å². The molecule has 0 bridgehead atoms. The first kappa shape index (κ1) is 14.4. The van der Waals surface area contributed by atoms with Crippen LogP contribution in [-0.2, 0) is 0 Å². The molecule has 2 rings (SSSR count). The maximum absolute atomic E-state index is 9.48. The highest BCUT2D eigenvalue weighted by molar-refractivity contribution is 5.52. The fourth-order valence-electron chi connectivity index (χ4n) is 3.27. The van der Waals surface area contributed by atoms with E-state index in [0.29, 0.717) is 5.92 Å². The van der Waals surface area contributed by atoms with E-state index in [1.54, 1.807) is 0 Å². The summed E-state index contributed by atoms with van der Waals surface area (Å²) in [5.41, 5.74) is 8.54. The van der Waals surface area contributed by atoms with Gasteiger partial charge in [-0.2, -0.15) is 0 Å². The van der Waals surface area contributed by atoms with Gasteiger partial charge in [-0.3, -0.25) is 0 Å². The summed E-state index contributed by atoms with van der Waals surface area (Å²) in [4.78, 5) is 2.30. The summed E-state index contributed by atoms with van der Waals surface area (Å²) in [6, 6.07) is 8.45. The first-order chi connectivity index (χ1) is 9.07. The zero-order valence-corrected chi connectivity index (χ0v) is 12.1. The van der Waals surface area contributed by atoms with Gasteiger partial charge in [0, 0.05) is 24.8 Å². The van der Waals surface area contributed by atoms with Crippen LogP contribution in [0.25, 0.3) is 0 Å². The summed E-state index contributed by atoms with van der Waals surface area (Å²) in [5.74, 6) is 0.448. The van der Waals surface area contributed by atoms with Crippen LogP contribution < -0.4 is 10.6 Å². The Morgan fingerprint density at radius 1 is 1.42 bits per heavy atom. The number of rotatable bonds is 5. The molecule has 0 saturated heterocycles. The molecule has 1 aliphatic carbocycles. The molecule has 0 spiro atoms. The Balaban J connectivity index is 1.94. The minimum absolute atomic E-state index is 0.117. The minimum atomic E-state index is -0.341. The van der Waals surface area contributed by atoms with Gasteiger partial charge in [0.2, 0.25) is 0 Å². The first-order valence-corrected chi connectivity index (χ1v) is 7.23. The monoisotopic (exact) mass is 262 g/mol. The molecule has 0 radical (unpaired) electrons. The smallest absolute Gasteiger partial charge is 0.0613 e. The van der Waals surface area contributed by atoms with Crippen molar-refractivity contribution in [1.29, 1.82) is 0 Å². The van der Waals surface area contributed by atoms with Gasteiger partial charge in [-0.25, -0.2) is 0 Å². The average molecular weight is 262 g/mol. The molecule has 2 atom stereocenters. The lowest BCUT2D eigenvalue weighted by Crippen LogP contribution is -2.47. The van der Waals surface area contributed by atoms with E-state index in [2.05, 4.69) is 43.1 Å². The van der Waals surface area contributed by atoms with E-state index in [1.165, 1.54) is 11.3 Å². The topological polar surface area (TPSA) is 49.5 Å². The van der Waals surface area contributed by atoms with Gasteiger partial charge in [0.05, 0.1) is 6.61 Å². The highest BCUT2D eigenvalue weighted by Crippen LogP contribution is 2.36.